The van der Waals surface area contributed by atoms with Crippen molar-refractivity contribution in [3.05, 3.63) is 91.5 Å². The number of nitrogens with one attached hydrogen (secondary N) is 2. The molecule has 7 nitrogen and oxygen atoms in total. The first kappa shape index (κ1) is 23.6. The van der Waals surface area contributed by atoms with Crippen molar-refractivity contribution in [3.63, 3.8) is 0 Å². The molecule has 1 heterocycles. The Labute approximate surface area is 200 Å². The maximum atomic E-state index is 13.4. The minimum absolute atomic E-state index is 0.0361. The lowest BCUT2D eigenvalue weighted by Gasteiger charge is -2.39. The Morgan fingerprint density at radius 1 is 1.21 bits per heavy atom. The van der Waals surface area contributed by atoms with Crippen molar-refractivity contribution < 1.29 is 18.9 Å². The van der Waals surface area contributed by atoms with Crippen molar-refractivity contribution in [1.82, 2.24) is 5.32 Å². The van der Waals surface area contributed by atoms with E-state index in [2.05, 4.69) is 10.6 Å². The van der Waals surface area contributed by atoms with Crippen LogP contribution in [0, 0.1) is 21.3 Å². The third kappa shape index (κ3) is 4.46. The summed E-state index contributed by atoms with van der Waals surface area (Å²) in [6, 6.07) is 9.63. The van der Waals surface area contributed by atoms with E-state index in [-0.39, 0.29) is 33.9 Å². The van der Waals surface area contributed by atoms with Crippen LogP contribution in [0.15, 0.2) is 65.0 Å². The van der Waals surface area contributed by atoms with Gasteiger partial charge in [0.05, 0.1) is 4.92 Å². The predicted octanol–water partition coefficient (Wildman–Crippen LogP) is 5.63. The molecule has 2 aromatic carbocycles. The number of benzene rings is 2. The zero-order chi connectivity index (χ0) is 24.8. The number of ketones is 1. The first-order valence-corrected chi connectivity index (χ1v) is 11.1. The SMILES string of the molecule is CC1=C(C(=O)Nc2ccc(F)cc2)C(c2ccc(Cl)c([N+](=O)[O-])c2)C2=C(CC(C)(C)CC2=O)N1. The van der Waals surface area contributed by atoms with E-state index in [0.717, 1.165) is 0 Å². The second-order valence-corrected chi connectivity index (χ2v) is 9.77. The highest BCUT2D eigenvalue weighted by Crippen LogP contribution is 2.47. The Bertz CT molecular complexity index is 1280. The number of carbonyl (C=O) groups is 2. The summed E-state index contributed by atoms with van der Waals surface area (Å²) in [6.07, 6.45) is 0.871. The third-order valence-electron chi connectivity index (χ3n) is 6.09. The number of halogens is 2. The highest BCUT2D eigenvalue weighted by atomic mass is 35.5. The number of nitro groups is 1. The van der Waals surface area contributed by atoms with Gasteiger partial charge in [-0.05, 0) is 54.7 Å². The van der Waals surface area contributed by atoms with Gasteiger partial charge < -0.3 is 10.6 Å². The van der Waals surface area contributed by atoms with Crippen molar-refractivity contribution >= 4 is 34.7 Å². The van der Waals surface area contributed by atoms with Crippen molar-refractivity contribution in [2.24, 2.45) is 5.41 Å². The minimum atomic E-state index is -0.823. The normalized spacial score (nSPS) is 19.4. The maximum absolute atomic E-state index is 13.4. The van der Waals surface area contributed by atoms with Crippen LogP contribution >= 0.6 is 11.6 Å². The molecule has 0 aromatic heterocycles. The van der Waals surface area contributed by atoms with Gasteiger partial charge in [0.15, 0.2) is 5.78 Å². The van der Waals surface area contributed by atoms with Gasteiger partial charge in [-0.3, -0.25) is 19.7 Å². The number of anilines is 1. The average molecular weight is 484 g/mol. The number of Topliss-reactive ketones (excluding diaryl/α,β-unsaturated/α-hetero) is 1. The molecule has 9 heteroatoms. The van der Waals surface area contributed by atoms with E-state index in [1.54, 1.807) is 13.0 Å². The lowest BCUT2D eigenvalue weighted by molar-refractivity contribution is -0.384. The molecule has 34 heavy (non-hydrogen) atoms. The van der Waals surface area contributed by atoms with Crippen LogP contribution in [0.5, 0.6) is 0 Å². The van der Waals surface area contributed by atoms with Crippen LogP contribution in [0.3, 0.4) is 0 Å². The number of nitro benzene ring substituents is 1. The molecule has 0 saturated carbocycles. The number of allylic oxidation sites excluding steroid dienone is 3. The van der Waals surface area contributed by atoms with Gasteiger partial charge in [0, 0.05) is 46.6 Å². The Kier molecular flexibility index (Phi) is 6.03. The number of hydrogen-bond donors (Lipinski definition) is 2. The highest BCUT2D eigenvalue weighted by molar-refractivity contribution is 6.32. The fraction of sp³-hybridized carbons (Fsp3) is 0.280. The smallest absolute Gasteiger partial charge is 0.288 e. The van der Waals surface area contributed by atoms with Crippen molar-refractivity contribution in [2.45, 2.75) is 39.5 Å². The van der Waals surface area contributed by atoms with Crippen molar-refractivity contribution in [1.29, 1.82) is 0 Å². The molecule has 0 spiro atoms. The zero-order valence-corrected chi connectivity index (χ0v) is 19.6. The maximum Gasteiger partial charge on any atom is 0.288 e. The highest BCUT2D eigenvalue weighted by Gasteiger charge is 2.43. The summed E-state index contributed by atoms with van der Waals surface area (Å²) < 4.78 is 13.3. The molecule has 4 rings (SSSR count). The first-order chi connectivity index (χ1) is 16.0. The number of amides is 1. The van der Waals surface area contributed by atoms with Gasteiger partial charge in [-0.15, -0.1) is 0 Å². The van der Waals surface area contributed by atoms with E-state index < -0.39 is 22.6 Å². The largest absolute Gasteiger partial charge is 0.362 e. The van der Waals surface area contributed by atoms with E-state index in [1.807, 2.05) is 13.8 Å². The molecule has 2 aliphatic rings. The lowest BCUT2D eigenvalue weighted by atomic mass is 9.68. The number of rotatable bonds is 4. The lowest BCUT2D eigenvalue weighted by Crippen LogP contribution is -2.39. The average Bonchev–Trinajstić information content (AvgIpc) is 2.73. The molecule has 0 fully saturated rings. The van der Waals surface area contributed by atoms with Crippen molar-refractivity contribution in [3.8, 4) is 0 Å². The van der Waals surface area contributed by atoms with E-state index in [1.165, 1.54) is 36.4 Å². The van der Waals surface area contributed by atoms with Crippen LogP contribution in [0.1, 0.15) is 45.1 Å². The van der Waals surface area contributed by atoms with E-state index in [4.69, 9.17) is 11.6 Å². The van der Waals surface area contributed by atoms with Gasteiger partial charge in [-0.2, -0.15) is 0 Å². The van der Waals surface area contributed by atoms with Gasteiger partial charge in [0.2, 0.25) is 0 Å². The van der Waals surface area contributed by atoms with Gasteiger partial charge >= 0.3 is 0 Å². The topological polar surface area (TPSA) is 101 Å². The summed E-state index contributed by atoms with van der Waals surface area (Å²) in [7, 11) is 0. The Balaban J connectivity index is 1.85. The second kappa shape index (κ2) is 8.68. The molecular weight excluding hydrogens is 461 g/mol. The summed E-state index contributed by atoms with van der Waals surface area (Å²) in [5.74, 6) is -1.88. The monoisotopic (exact) mass is 483 g/mol. The molecular formula is C25H23ClFN3O4. The summed E-state index contributed by atoms with van der Waals surface area (Å²) in [6.45, 7) is 5.72. The second-order valence-electron chi connectivity index (χ2n) is 9.36. The third-order valence-corrected chi connectivity index (χ3v) is 6.41. The molecule has 0 saturated heterocycles. The summed E-state index contributed by atoms with van der Waals surface area (Å²) >= 11 is 6.03. The number of hydrogen-bond acceptors (Lipinski definition) is 5. The van der Waals surface area contributed by atoms with Crippen LogP contribution in [0.25, 0.3) is 0 Å². The first-order valence-electron chi connectivity index (χ1n) is 10.7. The van der Waals surface area contributed by atoms with Gasteiger partial charge in [0.1, 0.15) is 10.8 Å². The van der Waals surface area contributed by atoms with Crippen LogP contribution in [-0.4, -0.2) is 16.6 Å². The molecule has 176 valence electrons. The Morgan fingerprint density at radius 2 is 1.88 bits per heavy atom. The summed E-state index contributed by atoms with van der Waals surface area (Å²) in [5, 5.41) is 17.5. The zero-order valence-electron chi connectivity index (χ0n) is 18.9. The number of dihydropyridines is 1. The Hall–Kier alpha value is -3.52. The minimum Gasteiger partial charge on any atom is -0.362 e. The van der Waals surface area contributed by atoms with E-state index >= 15 is 0 Å². The standard InChI is InChI=1S/C25H23ClFN3O4/c1-13-21(24(32)29-16-7-5-15(27)6-8-16)22(14-4-9-17(26)19(10-14)30(33)34)23-18(28-13)11-25(2,3)12-20(23)31/h4-10,22,28H,11-12H2,1-3H3,(H,29,32). The van der Waals surface area contributed by atoms with E-state index in [9.17, 15) is 24.1 Å². The van der Waals surface area contributed by atoms with Crippen LogP contribution < -0.4 is 10.6 Å². The summed E-state index contributed by atoms with van der Waals surface area (Å²) in [4.78, 5) is 37.7. The fourth-order valence-electron chi connectivity index (χ4n) is 4.65. The number of carbonyl (C=O) groups excluding carboxylic acids is 2. The van der Waals surface area contributed by atoms with Gasteiger partial charge in [-0.1, -0.05) is 31.5 Å². The summed E-state index contributed by atoms with van der Waals surface area (Å²) in [5.41, 5.74) is 2.14. The molecule has 0 radical (unpaired) electrons. The molecule has 2 N–H and O–H groups in total. The van der Waals surface area contributed by atoms with Crippen LogP contribution in [0.2, 0.25) is 5.02 Å². The molecule has 1 aliphatic carbocycles. The quantitative estimate of drug-likeness (QED) is 0.433. The number of nitrogens with zero attached hydrogens (tertiary/aromatic N) is 1. The Morgan fingerprint density at radius 3 is 2.53 bits per heavy atom. The van der Waals surface area contributed by atoms with Crippen LogP contribution in [0.4, 0.5) is 15.8 Å². The van der Waals surface area contributed by atoms with Gasteiger partial charge in [0.25, 0.3) is 11.6 Å². The van der Waals surface area contributed by atoms with Crippen LogP contribution in [-0.2, 0) is 9.59 Å². The molecule has 1 unspecified atom stereocenters. The molecule has 0 bridgehead atoms. The molecule has 2 aromatic rings. The van der Waals surface area contributed by atoms with Crippen molar-refractivity contribution in [2.75, 3.05) is 5.32 Å². The molecule has 1 aliphatic heterocycles. The predicted molar refractivity (Wildman–Crippen MR) is 127 cm³/mol. The van der Waals surface area contributed by atoms with Gasteiger partial charge in [-0.25, -0.2) is 4.39 Å². The van der Waals surface area contributed by atoms with E-state index in [0.29, 0.717) is 34.6 Å². The fourth-order valence-corrected chi connectivity index (χ4v) is 4.84. The molecule has 1 amide bonds. The molecule has 1 atom stereocenters.